The molecule has 0 spiro atoms. The Balaban J connectivity index is 1.13. The zero-order valence-corrected chi connectivity index (χ0v) is 31.7. The van der Waals surface area contributed by atoms with Gasteiger partial charge in [-0.2, -0.15) is 0 Å². The van der Waals surface area contributed by atoms with Crippen molar-refractivity contribution in [2.75, 3.05) is 28.7 Å². The van der Waals surface area contributed by atoms with Crippen molar-refractivity contribution in [3.63, 3.8) is 0 Å². The zero-order chi connectivity index (χ0) is 38.0. The number of rotatable bonds is 8. The summed E-state index contributed by atoms with van der Waals surface area (Å²) in [4.78, 5) is 55.0. The molecule has 2 aromatic heterocycles. The van der Waals surface area contributed by atoms with Crippen LogP contribution >= 0.6 is 39.1 Å². The van der Waals surface area contributed by atoms with Crippen molar-refractivity contribution in [1.29, 1.82) is 0 Å². The largest absolute Gasteiger partial charge is 0.481 e. The maximum atomic E-state index is 16.0. The van der Waals surface area contributed by atoms with E-state index < -0.39 is 40.7 Å². The lowest BCUT2D eigenvalue weighted by atomic mass is 9.85. The smallest absolute Gasteiger partial charge is 0.276 e. The molecule has 0 aliphatic carbocycles. The van der Waals surface area contributed by atoms with E-state index in [9.17, 15) is 19.2 Å². The number of anilines is 2. The second-order valence-corrected chi connectivity index (χ2v) is 15.0. The maximum Gasteiger partial charge on any atom is 0.276 e. The number of alkyl halides is 1. The van der Waals surface area contributed by atoms with Gasteiger partial charge >= 0.3 is 0 Å². The number of benzene rings is 2. The molecular weight excluding hydrogens is 813 g/mol. The van der Waals surface area contributed by atoms with Gasteiger partial charge in [0.2, 0.25) is 0 Å². The van der Waals surface area contributed by atoms with Crippen molar-refractivity contribution in [2.45, 2.75) is 51.5 Å². The first-order valence-electron chi connectivity index (χ1n) is 17.4. The molecule has 3 atom stereocenters. The summed E-state index contributed by atoms with van der Waals surface area (Å²) < 4.78 is 49.2. The van der Waals surface area contributed by atoms with Crippen LogP contribution in [0.1, 0.15) is 19.3 Å². The Bertz CT molecular complexity index is 2400. The minimum Gasteiger partial charge on any atom is -0.481 e. The lowest BCUT2D eigenvalue weighted by molar-refractivity contribution is -0.127. The quantitative estimate of drug-likeness (QED) is 0.166. The molecular formula is C37H33BrCl2F2N6O6. The number of nitrogens with one attached hydrogen (secondary N) is 1. The molecule has 4 aliphatic rings. The Kier molecular flexibility index (Phi) is 9.59. The molecule has 8 rings (SSSR count). The molecule has 3 unspecified atom stereocenters. The molecule has 2 aromatic carbocycles. The standard InChI is InChI=1S/C37H33BrCl2F2N6O6/c1-2-8-44-26-13-22(32-33(39)45-9-3-4-10-46(45)36(32)51)24(42)15-28(26)54-29(35(44)50)11-20-17-48-37(52)31(34(40)47(48)16-19(20)6-5-7-38)21-12-25-27(14-23(21)41)53-18-30(49)43-25/h2,5-6,12-15,19-20,29H,1,3-4,7-11,16-18H2,(H,43,49)/b6-5+. The van der Waals surface area contributed by atoms with Gasteiger partial charge in [-0.25, -0.2) is 18.1 Å². The summed E-state index contributed by atoms with van der Waals surface area (Å²) >= 11 is 16.9. The van der Waals surface area contributed by atoms with E-state index >= 15 is 8.78 Å². The Morgan fingerprint density at radius 1 is 0.889 bits per heavy atom. The van der Waals surface area contributed by atoms with Crippen LogP contribution in [0.3, 0.4) is 0 Å². The third kappa shape index (κ3) is 6.00. The van der Waals surface area contributed by atoms with Gasteiger partial charge < -0.3 is 19.7 Å². The molecule has 4 aromatic rings. The van der Waals surface area contributed by atoms with Crippen LogP contribution in [0.4, 0.5) is 20.2 Å². The average Bonchev–Trinajstić information content (AvgIpc) is 3.55. The van der Waals surface area contributed by atoms with E-state index in [-0.39, 0.29) is 99.9 Å². The van der Waals surface area contributed by atoms with Gasteiger partial charge in [0.15, 0.2) is 12.7 Å². The second kappa shape index (κ2) is 14.2. The fourth-order valence-corrected chi connectivity index (χ4v) is 8.79. The first-order chi connectivity index (χ1) is 26.0. The summed E-state index contributed by atoms with van der Waals surface area (Å²) in [7, 11) is 0. The molecule has 54 heavy (non-hydrogen) atoms. The number of carbonyl (C=O) groups excluding carboxylic acids is 2. The highest BCUT2D eigenvalue weighted by Crippen LogP contribution is 2.43. The number of ether oxygens (including phenoxy) is 2. The lowest BCUT2D eigenvalue weighted by Crippen LogP contribution is -2.48. The fraction of sp³-hybridized carbons (Fsp3) is 0.351. The lowest BCUT2D eigenvalue weighted by Gasteiger charge is -2.38. The van der Waals surface area contributed by atoms with Crippen molar-refractivity contribution in [1.82, 2.24) is 18.7 Å². The summed E-state index contributed by atoms with van der Waals surface area (Å²) in [6.07, 6.45) is 6.11. The van der Waals surface area contributed by atoms with E-state index in [2.05, 4.69) is 27.8 Å². The van der Waals surface area contributed by atoms with Gasteiger partial charge in [-0.15, -0.1) is 6.58 Å². The Morgan fingerprint density at radius 3 is 2.26 bits per heavy atom. The Hall–Kier alpha value is -4.60. The molecule has 0 bridgehead atoms. The number of amides is 2. The molecule has 1 N–H and O–H groups in total. The third-order valence-corrected chi connectivity index (χ3v) is 11.6. The Labute approximate surface area is 325 Å². The van der Waals surface area contributed by atoms with Crippen LogP contribution < -0.4 is 30.8 Å². The monoisotopic (exact) mass is 844 g/mol. The fourth-order valence-electron chi connectivity index (χ4n) is 7.87. The van der Waals surface area contributed by atoms with Crippen molar-refractivity contribution < 1.29 is 27.8 Å². The normalized spacial score (nSPS) is 20.5. The van der Waals surface area contributed by atoms with Crippen LogP contribution in [-0.2, 0) is 35.8 Å². The van der Waals surface area contributed by atoms with Gasteiger partial charge in [0, 0.05) is 67.2 Å². The van der Waals surface area contributed by atoms with Crippen molar-refractivity contribution in [2.24, 2.45) is 11.8 Å². The molecule has 6 heterocycles. The molecule has 0 fully saturated rings. The second-order valence-electron chi connectivity index (χ2n) is 13.6. The number of hydrogen-bond acceptors (Lipinski definition) is 6. The number of aromatic nitrogens is 4. The molecule has 0 saturated carbocycles. The topological polar surface area (TPSA) is 122 Å². The van der Waals surface area contributed by atoms with Gasteiger partial charge in [-0.1, -0.05) is 57.4 Å². The number of carbonyl (C=O) groups is 2. The molecule has 2 amide bonds. The van der Waals surface area contributed by atoms with E-state index in [1.807, 2.05) is 12.2 Å². The summed E-state index contributed by atoms with van der Waals surface area (Å²) in [6, 6.07) is 5.03. The average molecular weight is 847 g/mol. The predicted octanol–water partition coefficient (Wildman–Crippen LogP) is 6.22. The molecule has 4 aliphatic heterocycles. The van der Waals surface area contributed by atoms with Crippen LogP contribution in [0.5, 0.6) is 11.5 Å². The van der Waals surface area contributed by atoms with Gasteiger partial charge in [-0.05, 0) is 37.3 Å². The number of halogens is 5. The Morgan fingerprint density at radius 2 is 1.56 bits per heavy atom. The first-order valence-corrected chi connectivity index (χ1v) is 19.3. The molecule has 0 radical (unpaired) electrons. The number of hydrogen-bond donors (Lipinski definition) is 1. The van der Waals surface area contributed by atoms with Crippen LogP contribution in [0, 0.1) is 23.5 Å². The number of fused-ring (bicyclic) bond motifs is 4. The molecule has 0 saturated heterocycles. The van der Waals surface area contributed by atoms with E-state index in [0.717, 1.165) is 18.9 Å². The van der Waals surface area contributed by atoms with Gasteiger partial charge in [0.05, 0.1) is 22.5 Å². The highest BCUT2D eigenvalue weighted by Gasteiger charge is 2.41. The highest BCUT2D eigenvalue weighted by atomic mass is 79.9. The molecule has 17 heteroatoms. The van der Waals surface area contributed by atoms with Crippen molar-refractivity contribution in [3.05, 3.63) is 91.7 Å². The first kappa shape index (κ1) is 36.4. The SMILES string of the molecule is C=CCN1C(=O)C(CC2Cn3c(=O)c(-c4cc5c(cc4F)OCC(=O)N5)c(Cl)n3CC2/C=C/CBr)Oc2cc(F)c(-c3c(Cl)n4n(c3=O)CCCC4)cc21. The summed E-state index contributed by atoms with van der Waals surface area (Å²) in [5.74, 6) is -2.67. The van der Waals surface area contributed by atoms with Gasteiger partial charge in [0.1, 0.15) is 33.4 Å². The minimum absolute atomic E-state index is 0.0174. The van der Waals surface area contributed by atoms with Crippen molar-refractivity contribution in [3.8, 4) is 33.8 Å². The zero-order valence-electron chi connectivity index (χ0n) is 28.6. The maximum absolute atomic E-state index is 16.0. The van der Waals surface area contributed by atoms with E-state index in [1.165, 1.54) is 32.5 Å². The summed E-state index contributed by atoms with van der Waals surface area (Å²) in [6.45, 7) is 4.95. The number of nitrogens with zero attached hydrogens (tertiary/aromatic N) is 5. The van der Waals surface area contributed by atoms with Crippen LogP contribution in [-0.4, -0.2) is 55.1 Å². The van der Waals surface area contributed by atoms with Crippen molar-refractivity contribution >= 4 is 62.3 Å². The van der Waals surface area contributed by atoms with Crippen LogP contribution in [0.25, 0.3) is 22.3 Å². The third-order valence-electron chi connectivity index (χ3n) is 10.4. The van der Waals surface area contributed by atoms with Gasteiger partial charge in [-0.3, -0.25) is 28.5 Å². The predicted molar refractivity (Wildman–Crippen MR) is 203 cm³/mol. The van der Waals surface area contributed by atoms with Crippen LogP contribution in [0.15, 0.2) is 58.7 Å². The van der Waals surface area contributed by atoms with E-state index in [4.69, 9.17) is 32.7 Å². The summed E-state index contributed by atoms with van der Waals surface area (Å²) in [5.41, 5.74) is -0.663. The van der Waals surface area contributed by atoms with Gasteiger partial charge in [0.25, 0.3) is 22.9 Å². The molecule has 12 nitrogen and oxygen atoms in total. The summed E-state index contributed by atoms with van der Waals surface area (Å²) in [5, 5.41) is 3.32. The van der Waals surface area contributed by atoms with E-state index in [0.29, 0.717) is 18.4 Å². The van der Waals surface area contributed by atoms with E-state index in [1.54, 1.807) is 15.4 Å². The minimum atomic E-state index is -1.07. The number of allylic oxidation sites excluding steroid dienone is 2. The van der Waals surface area contributed by atoms with Crippen LogP contribution in [0.2, 0.25) is 10.3 Å². The highest BCUT2D eigenvalue weighted by molar-refractivity contribution is 9.09. The molecule has 282 valence electrons.